The van der Waals surface area contributed by atoms with Crippen molar-refractivity contribution in [2.75, 3.05) is 13.1 Å². The highest BCUT2D eigenvalue weighted by molar-refractivity contribution is 5.61. The van der Waals surface area contributed by atoms with Crippen LogP contribution < -0.4 is 4.74 Å². The summed E-state index contributed by atoms with van der Waals surface area (Å²) in [5.41, 5.74) is 4.48. The summed E-state index contributed by atoms with van der Waals surface area (Å²) in [6, 6.07) is 12.6. The molecule has 3 heterocycles. The average Bonchev–Trinajstić information content (AvgIpc) is 3.22. The van der Waals surface area contributed by atoms with Crippen LogP contribution in [0.3, 0.4) is 0 Å². The molecule has 0 amide bonds. The molecule has 5 nitrogen and oxygen atoms in total. The van der Waals surface area contributed by atoms with E-state index in [4.69, 9.17) is 14.8 Å². The standard InChI is InChI=1S/C29H40N4O/c1-21-15-17-32(18-16-21)19-24-20-33-28(30-24)14-13-27(31-33)22-5-9-25(10-6-22)34-26-11-7-23(8-12-26)29(2,3)4/h5-6,9-10,13-14,20-21,23,26H,7-8,11-12,15-19H2,1-4H3. The first-order chi connectivity index (χ1) is 16.3. The summed E-state index contributed by atoms with van der Waals surface area (Å²) in [5, 5.41) is 4.84. The van der Waals surface area contributed by atoms with Crippen molar-refractivity contribution in [3.05, 3.63) is 48.3 Å². The SMILES string of the molecule is CC1CCN(Cc2cn3nc(-c4ccc(OC5CCC(C(C)(C)C)CC5)cc4)ccc3n2)CC1. The number of rotatable bonds is 5. The van der Waals surface area contributed by atoms with Gasteiger partial charge in [0.2, 0.25) is 0 Å². The topological polar surface area (TPSA) is 42.7 Å². The highest BCUT2D eigenvalue weighted by Gasteiger charge is 2.30. The van der Waals surface area contributed by atoms with Gasteiger partial charge in [-0.2, -0.15) is 5.10 Å². The van der Waals surface area contributed by atoms with Crippen LogP contribution in [0.1, 0.15) is 71.9 Å². The third kappa shape index (κ3) is 5.46. The first kappa shape index (κ1) is 23.3. The van der Waals surface area contributed by atoms with Crippen molar-refractivity contribution in [1.82, 2.24) is 19.5 Å². The van der Waals surface area contributed by atoms with Gasteiger partial charge in [-0.15, -0.1) is 0 Å². The van der Waals surface area contributed by atoms with Gasteiger partial charge in [0.15, 0.2) is 5.65 Å². The number of piperidine rings is 1. The molecule has 182 valence electrons. The molecule has 1 saturated heterocycles. The van der Waals surface area contributed by atoms with Crippen molar-refractivity contribution in [3.8, 4) is 17.0 Å². The fraction of sp³-hybridized carbons (Fsp3) is 0.586. The van der Waals surface area contributed by atoms with E-state index >= 15 is 0 Å². The molecule has 0 unspecified atom stereocenters. The van der Waals surface area contributed by atoms with E-state index in [0.29, 0.717) is 11.5 Å². The van der Waals surface area contributed by atoms with Crippen LogP contribution in [-0.4, -0.2) is 38.7 Å². The lowest BCUT2D eigenvalue weighted by Gasteiger charge is -2.36. The third-order valence-corrected chi connectivity index (χ3v) is 7.98. The molecule has 0 atom stereocenters. The van der Waals surface area contributed by atoms with Crippen LogP contribution in [0.5, 0.6) is 5.75 Å². The molecule has 1 aliphatic heterocycles. The Morgan fingerprint density at radius 3 is 2.29 bits per heavy atom. The van der Waals surface area contributed by atoms with E-state index in [2.05, 4.69) is 75.2 Å². The number of hydrogen-bond donors (Lipinski definition) is 0. The molecule has 34 heavy (non-hydrogen) atoms. The molecule has 2 fully saturated rings. The van der Waals surface area contributed by atoms with Crippen molar-refractivity contribution in [2.24, 2.45) is 17.3 Å². The van der Waals surface area contributed by atoms with Crippen LogP contribution in [0.2, 0.25) is 0 Å². The highest BCUT2D eigenvalue weighted by Crippen LogP contribution is 2.38. The zero-order valence-electron chi connectivity index (χ0n) is 21.3. The van der Waals surface area contributed by atoms with Crippen molar-refractivity contribution >= 4 is 5.65 Å². The first-order valence-corrected chi connectivity index (χ1v) is 13.2. The van der Waals surface area contributed by atoms with Gasteiger partial charge >= 0.3 is 0 Å². The van der Waals surface area contributed by atoms with Crippen molar-refractivity contribution in [3.63, 3.8) is 0 Å². The predicted octanol–water partition coefficient (Wildman–Crippen LogP) is 6.61. The molecular formula is C29H40N4O. The van der Waals surface area contributed by atoms with Crippen LogP contribution >= 0.6 is 0 Å². The Bertz CT molecular complexity index is 1080. The maximum absolute atomic E-state index is 6.32. The van der Waals surface area contributed by atoms with Gasteiger partial charge in [-0.1, -0.05) is 27.7 Å². The molecule has 3 aromatic rings. The smallest absolute Gasteiger partial charge is 0.153 e. The number of hydrogen-bond acceptors (Lipinski definition) is 4. The van der Waals surface area contributed by atoms with E-state index in [-0.39, 0.29) is 0 Å². The van der Waals surface area contributed by atoms with E-state index in [1.165, 1.54) is 38.8 Å². The Morgan fingerprint density at radius 2 is 1.62 bits per heavy atom. The van der Waals surface area contributed by atoms with Gasteiger partial charge in [-0.25, -0.2) is 9.50 Å². The molecule has 1 saturated carbocycles. The number of nitrogens with zero attached hydrogens (tertiary/aromatic N) is 4. The van der Waals surface area contributed by atoms with Crippen LogP contribution in [0, 0.1) is 17.3 Å². The summed E-state index contributed by atoms with van der Waals surface area (Å²) in [5.74, 6) is 2.62. The maximum Gasteiger partial charge on any atom is 0.153 e. The molecule has 1 aromatic carbocycles. The molecule has 0 spiro atoms. The van der Waals surface area contributed by atoms with Gasteiger partial charge in [-0.3, -0.25) is 4.90 Å². The van der Waals surface area contributed by atoms with Crippen LogP contribution in [0.4, 0.5) is 0 Å². The van der Waals surface area contributed by atoms with Gasteiger partial charge < -0.3 is 4.74 Å². The van der Waals surface area contributed by atoms with Crippen molar-refractivity contribution in [2.45, 2.75) is 78.9 Å². The van der Waals surface area contributed by atoms with E-state index in [1.807, 2.05) is 4.52 Å². The minimum Gasteiger partial charge on any atom is -0.490 e. The summed E-state index contributed by atoms with van der Waals surface area (Å²) in [6.07, 6.45) is 9.83. The fourth-order valence-electron chi connectivity index (χ4n) is 5.55. The number of benzene rings is 1. The Kier molecular flexibility index (Phi) is 6.65. The number of ether oxygens (including phenoxy) is 1. The number of fused-ring (bicyclic) bond motifs is 1. The van der Waals surface area contributed by atoms with E-state index in [9.17, 15) is 0 Å². The summed E-state index contributed by atoms with van der Waals surface area (Å²) in [7, 11) is 0. The number of imidazole rings is 1. The minimum atomic E-state index is 0.339. The quantitative estimate of drug-likeness (QED) is 0.429. The predicted molar refractivity (Wildman–Crippen MR) is 138 cm³/mol. The summed E-state index contributed by atoms with van der Waals surface area (Å²) in [6.45, 7) is 12.7. The molecule has 2 aromatic heterocycles. The van der Waals surface area contributed by atoms with E-state index in [1.54, 1.807) is 0 Å². The average molecular weight is 461 g/mol. The minimum absolute atomic E-state index is 0.339. The monoisotopic (exact) mass is 460 g/mol. The Hall–Kier alpha value is -2.40. The second kappa shape index (κ2) is 9.69. The second-order valence-electron chi connectivity index (χ2n) is 11.7. The molecular weight excluding hydrogens is 420 g/mol. The fourth-order valence-corrected chi connectivity index (χ4v) is 5.55. The van der Waals surface area contributed by atoms with E-state index in [0.717, 1.165) is 59.6 Å². The van der Waals surface area contributed by atoms with Crippen LogP contribution in [0.15, 0.2) is 42.6 Å². The molecule has 5 heteroatoms. The van der Waals surface area contributed by atoms with Gasteiger partial charge in [0, 0.05) is 12.1 Å². The van der Waals surface area contributed by atoms with Crippen LogP contribution in [0.25, 0.3) is 16.9 Å². The van der Waals surface area contributed by atoms with Crippen molar-refractivity contribution in [1.29, 1.82) is 0 Å². The number of likely N-dealkylation sites (tertiary alicyclic amines) is 1. The molecule has 0 bridgehead atoms. The van der Waals surface area contributed by atoms with Crippen molar-refractivity contribution < 1.29 is 4.74 Å². The molecule has 5 rings (SSSR count). The third-order valence-electron chi connectivity index (χ3n) is 7.98. The maximum atomic E-state index is 6.32. The summed E-state index contributed by atoms with van der Waals surface area (Å²) in [4.78, 5) is 7.31. The Morgan fingerprint density at radius 1 is 0.912 bits per heavy atom. The molecule has 0 radical (unpaired) electrons. The molecule has 2 aliphatic rings. The lowest BCUT2D eigenvalue weighted by molar-refractivity contribution is 0.0882. The molecule has 1 aliphatic carbocycles. The normalized spacial score (nSPS) is 22.8. The largest absolute Gasteiger partial charge is 0.490 e. The van der Waals surface area contributed by atoms with Gasteiger partial charge in [0.25, 0.3) is 0 Å². The highest BCUT2D eigenvalue weighted by atomic mass is 16.5. The van der Waals surface area contributed by atoms with E-state index < -0.39 is 0 Å². The molecule has 0 N–H and O–H groups in total. The zero-order chi connectivity index (χ0) is 23.7. The lowest BCUT2D eigenvalue weighted by Crippen LogP contribution is -2.32. The second-order valence-corrected chi connectivity index (χ2v) is 11.7. The lowest BCUT2D eigenvalue weighted by atomic mass is 9.72. The summed E-state index contributed by atoms with van der Waals surface area (Å²) >= 11 is 0. The van der Waals surface area contributed by atoms with Gasteiger partial charge in [0.1, 0.15) is 5.75 Å². The summed E-state index contributed by atoms with van der Waals surface area (Å²) < 4.78 is 8.25. The number of aromatic nitrogens is 3. The Balaban J connectivity index is 1.21. The van der Waals surface area contributed by atoms with Gasteiger partial charge in [-0.05, 0) is 105 Å². The Labute approximate surface area is 204 Å². The van der Waals surface area contributed by atoms with Gasteiger partial charge in [0.05, 0.1) is 23.7 Å². The first-order valence-electron chi connectivity index (χ1n) is 13.2. The van der Waals surface area contributed by atoms with Crippen LogP contribution in [-0.2, 0) is 6.54 Å². The zero-order valence-corrected chi connectivity index (χ0v) is 21.3.